The molecule has 0 saturated heterocycles. The van der Waals surface area contributed by atoms with Crippen LogP contribution in [0.1, 0.15) is 188 Å². The summed E-state index contributed by atoms with van der Waals surface area (Å²) in [7, 11) is 0. The van der Waals surface area contributed by atoms with Gasteiger partial charge in [0, 0.05) is 19.4 Å². The minimum atomic E-state index is -0.571. The first-order chi connectivity index (χ1) is 27.6. The van der Waals surface area contributed by atoms with Crippen molar-refractivity contribution in [2.45, 2.75) is 194 Å². The number of carbonyl (C=O) groups is 2. The molecule has 0 saturated carbocycles. The Kier molecular flexibility index (Phi) is 43.6. The molecule has 1 atom stereocenters. The zero-order valence-corrected chi connectivity index (χ0v) is 36.4. The van der Waals surface area contributed by atoms with Gasteiger partial charge >= 0.3 is 11.9 Å². The standard InChI is InChI=1S/C51H84O5/c1-4-7-10-13-16-19-21-23-25-27-29-31-34-37-40-43-46-54-47-49(56-51(53)45-42-39-36-32-18-15-12-9-6-3)48-55-50(52)44-41-38-35-33-30-28-26-24-22-20-17-14-11-8-5-2/h7-8,10-11,16-17,19-20,23-26,29-31,33,49H,4-6,9,12-15,18,21-22,27-28,32,34-48H2,1-3H3/b10-7-,11-8-,19-16-,20-17-,25-23-,26-24-,31-29-,33-30-. The monoisotopic (exact) mass is 777 g/mol. The second-order valence-electron chi connectivity index (χ2n) is 14.5. The van der Waals surface area contributed by atoms with Crippen LogP contribution in [0.5, 0.6) is 0 Å². The van der Waals surface area contributed by atoms with E-state index in [4.69, 9.17) is 14.2 Å². The van der Waals surface area contributed by atoms with Crippen LogP contribution in [0.2, 0.25) is 0 Å². The van der Waals surface area contributed by atoms with E-state index in [0.717, 1.165) is 116 Å². The Hall–Kier alpha value is -3.18. The number of hydrogen-bond donors (Lipinski definition) is 0. The Morgan fingerprint density at radius 1 is 0.411 bits per heavy atom. The first kappa shape index (κ1) is 52.8. The highest BCUT2D eigenvalue weighted by molar-refractivity contribution is 5.70. The molecule has 318 valence electrons. The highest BCUT2D eigenvalue weighted by atomic mass is 16.6. The first-order valence-corrected chi connectivity index (χ1v) is 22.8. The summed E-state index contributed by atoms with van der Waals surface area (Å²) in [6.45, 7) is 7.45. The van der Waals surface area contributed by atoms with Crippen LogP contribution in [0.4, 0.5) is 0 Å². The fourth-order valence-electron chi connectivity index (χ4n) is 5.78. The molecule has 0 aromatic heterocycles. The molecule has 0 aliphatic rings. The summed E-state index contributed by atoms with van der Waals surface area (Å²) in [6, 6.07) is 0. The lowest BCUT2D eigenvalue weighted by Gasteiger charge is -2.18. The molecule has 5 nitrogen and oxygen atoms in total. The van der Waals surface area contributed by atoms with E-state index < -0.39 is 6.10 Å². The number of carbonyl (C=O) groups excluding carboxylic acids is 2. The average molecular weight is 777 g/mol. The van der Waals surface area contributed by atoms with Crippen molar-refractivity contribution < 1.29 is 23.8 Å². The van der Waals surface area contributed by atoms with Gasteiger partial charge in [0.1, 0.15) is 6.61 Å². The van der Waals surface area contributed by atoms with E-state index in [1.165, 1.54) is 38.5 Å². The minimum absolute atomic E-state index is 0.0467. The van der Waals surface area contributed by atoms with Crippen LogP contribution in [0.3, 0.4) is 0 Å². The molecule has 0 fully saturated rings. The quantitative estimate of drug-likeness (QED) is 0.0352. The van der Waals surface area contributed by atoms with Gasteiger partial charge in [0.2, 0.25) is 0 Å². The maximum atomic E-state index is 12.7. The molecule has 0 aromatic carbocycles. The Labute approximate surface area is 345 Å². The van der Waals surface area contributed by atoms with Crippen LogP contribution in [0.25, 0.3) is 0 Å². The van der Waals surface area contributed by atoms with Crippen molar-refractivity contribution in [3.63, 3.8) is 0 Å². The predicted octanol–water partition coefficient (Wildman–Crippen LogP) is 15.1. The molecule has 0 heterocycles. The highest BCUT2D eigenvalue weighted by Gasteiger charge is 2.17. The van der Waals surface area contributed by atoms with Gasteiger partial charge in [-0.1, -0.05) is 176 Å². The van der Waals surface area contributed by atoms with Gasteiger partial charge in [0.15, 0.2) is 6.10 Å². The fraction of sp³-hybridized carbons (Fsp3) is 0.647. The van der Waals surface area contributed by atoms with Gasteiger partial charge in [-0.2, -0.15) is 0 Å². The highest BCUT2D eigenvalue weighted by Crippen LogP contribution is 2.12. The third kappa shape index (κ3) is 43.5. The van der Waals surface area contributed by atoms with Crippen LogP contribution in [0.15, 0.2) is 97.2 Å². The molecular formula is C51H84O5. The smallest absolute Gasteiger partial charge is 0.306 e. The normalized spacial score (nSPS) is 13.1. The molecule has 0 radical (unpaired) electrons. The molecule has 0 spiro atoms. The second-order valence-corrected chi connectivity index (χ2v) is 14.5. The zero-order valence-electron chi connectivity index (χ0n) is 36.4. The summed E-state index contributed by atoms with van der Waals surface area (Å²) in [4.78, 5) is 25.2. The molecule has 0 bridgehead atoms. The third-order valence-corrected chi connectivity index (χ3v) is 9.12. The van der Waals surface area contributed by atoms with Crippen molar-refractivity contribution in [1.82, 2.24) is 0 Å². The number of rotatable bonds is 40. The van der Waals surface area contributed by atoms with E-state index in [9.17, 15) is 9.59 Å². The molecule has 5 heteroatoms. The number of esters is 2. The molecule has 0 rings (SSSR count). The number of unbranched alkanes of at least 4 members (excludes halogenated alkanes) is 13. The topological polar surface area (TPSA) is 61.8 Å². The van der Waals surface area contributed by atoms with E-state index >= 15 is 0 Å². The van der Waals surface area contributed by atoms with Crippen molar-refractivity contribution >= 4 is 11.9 Å². The second kappa shape index (κ2) is 46.2. The molecule has 1 unspecified atom stereocenters. The van der Waals surface area contributed by atoms with Gasteiger partial charge in [0.25, 0.3) is 0 Å². The molecule has 0 N–H and O–H groups in total. The Balaban J connectivity index is 4.37. The van der Waals surface area contributed by atoms with Crippen LogP contribution >= 0.6 is 0 Å². The van der Waals surface area contributed by atoms with Gasteiger partial charge in [0.05, 0.1) is 6.61 Å². The van der Waals surface area contributed by atoms with E-state index in [2.05, 4.69) is 118 Å². The van der Waals surface area contributed by atoms with Crippen molar-refractivity contribution in [3.8, 4) is 0 Å². The van der Waals surface area contributed by atoms with Crippen LogP contribution in [-0.4, -0.2) is 37.9 Å². The lowest BCUT2D eigenvalue weighted by Crippen LogP contribution is -2.30. The molecular weight excluding hydrogens is 693 g/mol. The van der Waals surface area contributed by atoms with Crippen LogP contribution in [-0.2, 0) is 23.8 Å². The Morgan fingerprint density at radius 3 is 1.30 bits per heavy atom. The van der Waals surface area contributed by atoms with E-state index in [-0.39, 0.29) is 25.2 Å². The van der Waals surface area contributed by atoms with Gasteiger partial charge in [-0.25, -0.2) is 0 Å². The van der Waals surface area contributed by atoms with Gasteiger partial charge < -0.3 is 14.2 Å². The maximum Gasteiger partial charge on any atom is 0.306 e. The van der Waals surface area contributed by atoms with Crippen LogP contribution < -0.4 is 0 Å². The van der Waals surface area contributed by atoms with Gasteiger partial charge in [-0.3, -0.25) is 9.59 Å². The summed E-state index contributed by atoms with van der Waals surface area (Å²) in [5.41, 5.74) is 0. The molecule has 56 heavy (non-hydrogen) atoms. The SMILES string of the molecule is CC/C=C\C/C=C\C/C=C\C/C=C\CCCCCOCC(COC(=O)CCCC/C=C\C/C=C\C/C=C\C/C=C\CC)OC(=O)CCCCCCCCCCC. The average Bonchev–Trinajstić information content (AvgIpc) is 3.20. The zero-order chi connectivity index (χ0) is 40.7. The third-order valence-electron chi connectivity index (χ3n) is 9.12. The number of ether oxygens (including phenoxy) is 3. The molecule has 0 amide bonds. The molecule has 0 aliphatic carbocycles. The van der Waals surface area contributed by atoms with Crippen molar-refractivity contribution in [1.29, 1.82) is 0 Å². The summed E-state index contributed by atoms with van der Waals surface area (Å²) in [6.07, 6.45) is 61.3. The predicted molar refractivity (Wildman–Crippen MR) is 242 cm³/mol. The number of allylic oxidation sites excluding steroid dienone is 16. The molecule has 0 aliphatic heterocycles. The summed E-state index contributed by atoms with van der Waals surface area (Å²) in [5.74, 6) is -0.473. The Bertz CT molecular complexity index is 1110. The summed E-state index contributed by atoms with van der Waals surface area (Å²) in [5, 5.41) is 0. The van der Waals surface area contributed by atoms with Crippen LogP contribution in [0, 0.1) is 0 Å². The maximum absolute atomic E-state index is 12.7. The lowest BCUT2D eigenvalue weighted by atomic mass is 10.1. The van der Waals surface area contributed by atoms with Gasteiger partial charge in [-0.05, 0) is 96.3 Å². The first-order valence-electron chi connectivity index (χ1n) is 22.8. The van der Waals surface area contributed by atoms with E-state index in [0.29, 0.717) is 19.4 Å². The minimum Gasteiger partial charge on any atom is -0.462 e. The largest absolute Gasteiger partial charge is 0.462 e. The fourth-order valence-corrected chi connectivity index (χ4v) is 5.78. The van der Waals surface area contributed by atoms with Crippen molar-refractivity contribution in [2.24, 2.45) is 0 Å². The summed E-state index contributed by atoms with van der Waals surface area (Å²) >= 11 is 0. The van der Waals surface area contributed by atoms with E-state index in [1.54, 1.807) is 0 Å². The molecule has 0 aromatic rings. The number of hydrogen-bond acceptors (Lipinski definition) is 5. The van der Waals surface area contributed by atoms with E-state index in [1.807, 2.05) is 0 Å². The van der Waals surface area contributed by atoms with Crippen molar-refractivity contribution in [3.05, 3.63) is 97.2 Å². The lowest BCUT2D eigenvalue weighted by molar-refractivity contribution is -0.163. The van der Waals surface area contributed by atoms with Gasteiger partial charge in [-0.15, -0.1) is 0 Å². The van der Waals surface area contributed by atoms with Crippen molar-refractivity contribution in [2.75, 3.05) is 19.8 Å². The Morgan fingerprint density at radius 2 is 0.804 bits per heavy atom. The summed E-state index contributed by atoms with van der Waals surface area (Å²) < 4.78 is 17.2.